The molecule has 2 heterocycles. The zero-order valence-electron chi connectivity index (χ0n) is 12.1. The number of amides is 1. The quantitative estimate of drug-likeness (QED) is 0.723. The van der Waals surface area contributed by atoms with Gasteiger partial charge in [0.15, 0.2) is 0 Å². The Kier molecular flexibility index (Phi) is 5.24. The number of rotatable bonds is 4. The summed E-state index contributed by atoms with van der Waals surface area (Å²) in [6.45, 7) is 0. The van der Waals surface area contributed by atoms with E-state index in [4.69, 9.17) is 27.9 Å². The molecule has 3 rings (SSSR count). The molecule has 1 N–H and O–H groups in total. The van der Waals surface area contributed by atoms with Gasteiger partial charge in [0.25, 0.3) is 0 Å². The highest BCUT2D eigenvalue weighted by atomic mass is 35.5. The molecule has 3 aromatic rings. The van der Waals surface area contributed by atoms with Crippen LogP contribution in [-0.2, 0) is 6.42 Å². The summed E-state index contributed by atoms with van der Waals surface area (Å²) in [5.74, 6) is 0.281. The fourth-order valence-corrected chi connectivity index (χ4v) is 2.86. The standard InChI is InChI=1S/C15H10Cl2N4O2S/c16-11-2-1-10(8-12(11)17)23-15(22)19-14-21-20-13(24-14)7-9-3-5-18-6-4-9/h1-6,8H,7H2,(H,19,21,22). The lowest BCUT2D eigenvalue weighted by Gasteiger charge is -2.04. The van der Waals surface area contributed by atoms with E-state index < -0.39 is 6.09 Å². The molecule has 24 heavy (non-hydrogen) atoms. The lowest BCUT2D eigenvalue weighted by atomic mass is 10.2. The minimum atomic E-state index is -0.681. The number of pyridine rings is 1. The van der Waals surface area contributed by atoms with Gasteiger partial charge in [0.05, 0.1) is 10.0 Å². The van der Waals surface area contributed by atoms with Crippen LogP contribution in [0.3, 0.4) is 0 Å². The topological polar surface area (TPSA) is 77.0 Å². The first-order valence-electron chi connectivity index (χ1n) is 6.75. The SMILES string of the molecule is O=C(Nc1nnc(Cc2ccncc2)s1)Oc1ccc(Cl)c(Cl)c1. The van der Waals surface area contributed by atoms with Crippen molar-refractivity contribution in [3.63, 3.8) is 0 Å². The van der Waals surface area contributed by atoms with Gasteiger partial charge < -0.3 is 4.74 Å². The molecule has 0 fully saturated rings. The van der Waals surface area contributed by atoms with Gasteiger partial charge in [-0.1, -0.05) is 34.5 Å². The molecule has 2 aromatic heterocycles. The molecule has 1 aromatic carbocycles. The highest BCUT2D eigenvalue weighted by Gasteiger charge is 2.11. The third-order valence-corrected chi connectivity index (χ3v) is 4.46. The van der Waals surface area contributed by atoms with Crippen molar-refractivity contribution in [2.45, 2.75) is 6.42 Å². The van der Waals surface area contributed by atoms with Crippen molar-refractivity contribution in [3.8, 4) is 5.75 Å². The van der Waals surface area contributed by atoms with Crippen LogP contribution < -0.4 is 10.1 Å². The number of anilines is 1. The minimum absolute atomic E-state index is 0.281. The van der Waals surface area contributed by atoms with E-state index in [2.05, 4.69) is 20.5 Å². The maximum absolute atomic E-state index is 11.9. The third kappa shape index (κ3) is 4.41. The molecule has 0 spiro atoms. The summed E-state index contributed by atoms with van der Waals surface area (Å²) in [5, 5.41) is 12.3. The van der Waals surface area contributed by atoms with Gasteiger partial charge in [0.2, 0.25) is 5.13 Å². The fourth-order valence-electron chi connectivity index (χ4n) is 1.81. The van der Waals surface area contributed by atoms with E-state index in [0.717, 1.165) is 10.6 Å². The number of nitrogens with one attached hydrogen (secondary N) is 1. The number of aromatic nitrogens is 3. The van der Waals surface area contributed by atoms with Crippen LogP contribution in [-0.4, -0.2) is 21.3 Å². The second-order valence-corrected chi connectivity index (χ2v) is 6.50. The lowest BCUT2D eigenvalue weighted by Crippen LogP contribution is -2.16. The van der Waals surface area contributed by atoms with Gasteiger partial charge in [-0.25, -0.2) is 4.79 Å². The Hall–Kier alpha value is -2.22. The summed E-state index contributed by atoms with van der Waals surface area (Å²) in [5.41, 5.74) is 1.06. The maximum Gasteiger partial charge on any atom is 0.418 e. The van der Waals surface area contributed by atoms with Crippen LogP contribution in [0.1, 0.15) is 10.6 Å². The molecule has 0 unspecified atom stereocenters. The number of hydrogen-bond donors (Lipinski definition) is 1. The predicted octanol–water partition coefficient (Wildman–Crippen LogP) is 4.44. The van der Waals surface area contributed by atoms with Gasteiger partial charge in [-0.05, 0) is 29.8 Å². The number of ether oxygens (including phenoxy) is 1. The largest absolute Gasteiger partial charge is 0.418 e. The normalized spacial score (nSPS) is 10.4. The molecule has 0 aliphatic carbocycles. The van der Waals surface area contributed by atoms with Gasteiger partial charge in [0, 0.05) is 24.9 Å². The summed E-state index contributed by atoms with van der Waals surface area (Å²) in [6, 6.07) is 8.34. The lowest BCUT2D eigenvalue weighted by molar-refractivity contribution is 0.215. The highest BCUT2D eigenvalue weighted by molar-refractivity contribution is 7.15. The number of nitrogens with zero attached hydrogens (tertiary/aromatic N) is 3. The number of carbonyl (C=O) groups excluding carboxylic acids is 1. The Morgan fingerprint density at radius 2 is 1.92 bits per heavy atom. The molecule has 6 nitrogen and oxygen atoms in total. The van der Waals surface area contributed by atoms with E-state index in [0.29, 0.717) is 21.6 Å². The molecule has 0 bridgehead atoms. The molecule has 0 radical (unpaired) electrons. The molecular weight excluding hydrogens is 371 g/mol. The first kappa shape index (κ1) is 16.6. The first-order valence-corrected chi connectivity index (χ1v) is 8.32. The van der Waals surface area contributed by atoms with Crippen molar-refractivity contribution in [1.29, 1.82) is 0 Å². The number of carbonyl (C=O) groups is 1. The van der Waals surface area contributed by atoms with Crippen molar-refractivity contribution in [1.82, 2.24) is 15.2 Å². The minimum Gasteiger partial charge on any atom is -0.410 e. The van der Waals surface area contributed by atoms with Crippen LogP contribution in [0.15, 0.2) is 42.7 Å². The van der Waals surface area contributed by atoms with Gasteiger partial charge in [-0.3, -0.25) is 10.3 Å². The van der Waals surface area contributed by atoms with E-state index in [1.807, 2.05) is 12.1 Å². The fraction of sp³-hybridized carbons (Fsp3) is 0.0667. The molecular formula is C15H10Cl2N4O2S. The van der Waals surface area contributed by atoms with E-state index in [1.54, 1.807) is 24.5 Å². The Morgan fingerprint density at radius 1 is 1.12 bits per heavy atom. The van der Waals surface area contributed by atoms with E-state index in [1.165, 1.54) is 17.4 Å². The Balaban J connectivity index is 1.59. The summed E-state index contributed by atoms with van der Waals surface area (Å²) in [6.07, 6.45) is 3.36. The average molecular weight is 381 g/mol. The van der Waals surface area contributed by atoms with Crippen molar-refractivity contribution < 1.29 is 9.53 Å². The molecule has 1 amide bonds. The van der Waals surface area contributed by atoms with Gasteiger partial charge in [-0.2, -0.15) is 0 Å². The van der Waals surface area contributed by atoms with Gasteiger partial charge >= 0.3 is 6.09 Å². The molecule has 122 valence electrons. The molecule has 0 saturated carbocycles. The zero-order valence-corrected chi connectivity index (χ0v) is 14.4. The number of halogens is 2. The molecule has 0 aliphatic rings. The molecule has 0 atom stereocenters. The third-order valence-electron chi connectivity index (χ3n) is 2.88. The van der Waals surface area contributed by atoms with Crippen LogP contribution in [0, 0.1) is 0 Å². The van der Waals surface area contributed by atoms with Crippen molar-refractivity contribution in [3.05, 3.63) is 63.3 Å². The van der Waals surface area contributed by atoms with Gasteiger partial charge in [-0.15, -0.1) is 10.2 Å². The van der Waals surface area contributed by atoms with Crippen molar-refractivity contribution in [2.75, 3.05) is 5.32 Å². The monoisotopic (exact) mass is 380 g/mol. The Labute approximate surface area is 151 Å². The van der Waals surface area contributed by atoms with Gasteiger partial charge in [0.1, 0.15) is 10.8 Å². The van der Waals surface area contributed by atoms with Crippen LogP contribution >= 0.6 is 34.5 Å². The Morgan fingerprint density at radius 3 is 2.67 bits per heavy atom. The zero-order chi connectivity index (χ0) is 16.9. The molecule has 0 saturated heterocycles. The second kappa shape index (κ2) is 7.57. The molecule has 0 aliphatic heterocycles. The van der Waals surface area contributed by atoms with Crippen LogP contribution in [0.4, 0.5) is 9.93 Å². The summed E-state index contributed by atoms with van der Waals surface area (Å²) < 4.78 is 5.12. The van der Waals surface area contributed by atoms with E-state index in [-0.39, 0.29) is 5.75 Å². The predicted molar refractivity (Wildman–Crippen MR) is 93.1 cm³/mol. The van der Waals surface area contributed by atoms with Crippen molar-refractivity contribution in [2.24, 2.45) is 0 Å². The number of benzene rings is 1. The van der Waals surface area contributed by atoms with E-state index in [9.17, 15) is 4.79 Å². The van der Waals surface area contributed by atoms with Crippen molar-refractivity contribution >= 4 is 45.8 Å². The highest BCUT2D eigenvalue weighted by Crippen LogP contribution is 2.26. The van der Waals surface area contributed by atoms with Crippen LogP contribution in [0.2, 0.25) is 10.0 Å². The van der Waals surface area contributed by atoms with Crippen LogP contribution in [0.25, 0.3) is 0 Å². The summed E-state index contributed by atoms with van der Waals surface area (Å²) >= 11 is 12.9. The summed E-state index contributed by atoms with van der Waals surface area (Å²) in [4.78, 5) is 15.8. The van der Waals surface area contributed by atoms with Crippen LogP contribution in [0.5, 0.6) is 5.75 Å². The molecule has 9 heteroatoms. The number of hydrogen-bond acceptors (Lipinski definition) is 6. The Bertz CT molecular complexity index is 858. The first-order chi connectivity index (χ1) is 11.6. The average Bonchev–Trinajstić information content (AvgIpc) is 2.99. The second-order valence-electron chi connectivity index (χ2n) is 4.62. The summed E-state index contributed by atoms with van der Waals surface area (Å²) in [7, 11) is 0. The maximum atomic E-state index is 11.9. The smallest absolute Gasteiger partial charge is 0.410 e. The van der Waals surface area contributed by atoms with E-state index >= 15 is 0 Å².